The monoisotopic (exact) mass is 265 g/mol. The first-order valence-corrected chi connectivity index (χ1v) is 7.57. The predicted molar refractivity (Wildman–Crippen MR) is 75.1 cm³/mol. The lowest BCUT2D eigenvalue weighted by Gasteiger charge is -2.12. The van der Waals surface area contributed by atoms with Crippen LogP contribution in [0.4, 0.5) is 0 Å². The Morgan fingerprint density at radius 2 is 2.41 bits per heavy atom. The summed E-state index contributed by atoms with van der Waals surface area (Å²) in [5.74, 6) is 0. The molecule has 5 heteroatoms. The van der Waals surface area contributed by atoms with Gasteiger partial charge in [-0.05, 0) is 49.9 Å². The fourth-order valence-electron chi connectivity index (χ4n) is 2.66. The molecule has 1 fully saturated rings. The van der Waals surface area contributed by atoms with Crippen molar-refractivity contribution in [3.63, 3.8) is 0 Å². The molecule has 1 saturated carbocycles. The number of imidazole rings is 1. The van der Waals surface area contributed by atoms with Gasteiger partial charge >= 0.3 is 0 Å². The number of hydrogen-bond acceptors (Lipinski definition) is 3. The van der Waals surface area contributed by atoms with Crippen LogP contribution in [0.25, 0.3) is 11.2 Å². The number of nitrogens with zero attached hydrogens (tertiary/aromatic N) is 2. The summed E-state index contributed by atoms with van der Waals surface area (Å²) in [5.41, 5.74) is 2.05. The number of aromatic amines is 1. The number of pyridine rings is 1. The minimum absolute atomic E-state index is 0.517. The SMILES string of the molecule is CSC1CCC(n2c(=S)[nH]c3cccnc32)C1. The molecule has 0 aromatic carbocycles. The lowest BCUT2D eigenvalue weighted by molar-refractivity contribution is 0.524. The lowest BCUT2D eigenvalue weighted by Crippen LogP contribution is -2.06. The van der Waals surface area contributed by atoms with Crippen LogP contribution in [0.3, 0.4) is 0 Å². The minimum atomic E-state index is 0.517. The second-order valence-electron chi connectivity index (χ2n) is 4.50. The number of hydrogen-bond donors (Lipinski definition) is 1. The molecule has 0 spiro atoms. The first-order valence-electron chi connectivity index (χ1n) is 5.87. The summed E-state index contributed by atoms with van der Waals surface area (Å²) in [6, 6.07) is 4.50. The summed E-state index contributed by atoms with van der Waals surface area (Å²) >= 11 is 7.39. The van der Waals surface area contributed by atoms with Crippen LogP contribution in [0, 0.1) is 4.77 Å². The molecule has 17 heavy (non-hydrogen) atoms. The Morgan fingerprint density at radius 3 is 3.18 bits per heavy atom. The highest BCUT2D eigenvalue weighted by Crippen LogP contribution is 2.37. The Kier molecular flexibility index (Phi) is 2.96. The first-order chi connectivity index (χ1) is 8.29. The van der Waals surface area contributed by atoms with Crippen molar-refractivity contribution in [1.82, 2.24) is 14.5 Å². The van der Waals surface area contributed by atoms with Crippen LogP contribution in [0.5, 0.6) is 0 Å². The summed E-state index contributed by atoms with van der Waals surface area (Å²) in [6.07, 6.45) is 7.73. The van der Waals surface area contributed by atoms with Crippen LogP contribution in [0.2, 0.25) is 0 Å². The normalized spacial score (nSPS) is 24.5. The van der Waals surface area contributed by atoms with Gasteiger partial charge in [0.1, 0.15) is 0 Å². The van der Waals surface area contributed by atoms with E-state index in [1.165, 1.54) is 19.3 Å². The molecule has 0 saturated heterocycles. The maximum atomic E-state index is 5.43. The summed E-state index contributed by atoms with van der Waals surface area (Å²) in [6.45, 7) is 0. The number of nitrogens with one attached hydrogen (secondary N) is 1. The third-order valence-corrected chi connectivity index (χ3v) is 4.92. The average Bonchev–Trinajstić information content (AvgIpc) is 2.91. The topological polar surface area (TPSA) is 33.6 Å². The van der Waals surface area contributed by atoms with Gasteiger partial charge in [-0.25, -0.2) is 4.98 Å². The number of aromatic nitrogens is 3. The van der Waals surface area contributed by atoms with E-state index in [-0.39, 0.29) is 0 Å². The van der Waals surface area contributed by atoms with E-state index < -0.39 is 0 Å². The molecule has 2 heterocycles. The maximum Gasteiger partial charge on any atom is 0.179 e. The van der Waals surface area contributed by atoms with Crippen LogP contribution in [0.15, 0.2) is 18.3 Å². The highest BCUT2D eigenvalue weighted by molar-refractivity contribution is 7.99. The van der Waals surface area contributed by atoms with Crippen molar-refractivity contribution in [2.75, 3.05) is 6.26 Å². The second-order valence-corrected chi connectivity index (χ2v) is 6.02. The van der Waals surface area contributed by atoms with Gasteiger partial charge in [0.25, 0.3) is 0 Å². The highest BCUT2D eigenvalue weighted by Gasteiger charge is 2.27. The third-order valence-electron chi connectivity index (χ3n) is 3.53. The van der Waals surface area contributed by atoms with E-state index in [0.29, 0.717) is 6.04 Å². The molecule has 1 aliphatic carbocycles. The molecule has 0 aliphatic heterocycles. The van der Waals surface area contributed by atoms with Gasteiger partial charge in [-0.1, -0.05) is 0 Å². The van der Waals surface area contributed by atoms with Crippen LogP contribution < -0.4 is 0 Å². The highest BCUT2D eigenvalue weighted by atomic mass is 32.2. The Morgan fingerprint density at radius 1 is 1.53 bits per heavy atom. The van der Waals surface area contributed by atoms with E-state index in [1.807, 2.05) is 30.1 Å². The summed E-state index contributed by atoms with van der Waals surface area (Å²) in [7, 11) is 0. The molecular formula is C12H15N3S2. The van der Waals surface area contributed by atoms with Gasteiger partial charge < -0.3 is 4.98 Å². The van der Waals surface area contributed by atoms with E-state index in [0.717, 1.165) is 21.2 Å². The zero-order chi connectivity index (χ0) is 11.8. The molecule has 0 bridgehead atoms. The molecule has 1 N–H and O–H groups in total. The van der Waals surface area contributed by atoms with Gasteiger partial charge in [0.05, 0.1) is 5.52 Å². The van der Waals surface area contributed by atoms with Crippen molar-refractivity contribution >= 4 is 35.1 Å². The smallest absolute Gasteiger partial charge is 0.179 e. The molecule has 2 aromatic heterocycles. The number of fused-ring (bicyclic) bond motifs is 1. The van der Waals surface area contributed by atoms with Crippen LogP contribution in [0.1, 0.15) is 25.3 Å². The first kappa shape index (κ1) is 11.3. The zero-order valence-corrected chi connectivity index (χ0v) is 11.4. The Balaban J connectivity index is 2.06. The maximum absolute atomic E-state index is 5.43. The molecule has 0 radical (unpaired) electrons. The largest absolute Gasteiger partial charge is 0.329 e. The molecule has 3 rings (SSSR count). The molecule has 0 amide bonds. The van der Waals surface area contributed by atoms with Crippen molar-refractivity contribution in [2.45, 2.75) is 30.6 Å². The average molecular weight is 265 g/mol. The van der Waals surface area contributed by atoms with Gasteiger partial charge in [-0.15, -0.1) is 0 Å². The van der Waals surface area contributed by atoms with Crippen molar-refractivity contribution in [3.8, 4) is 0 Å². The van der Waals surface area contributed by atoms with Gasteiger partial charge in [0, 0.05) is 17.5 Å². The third kappa shape index (κ3) is 1.91. The fraction of sp³-hybridized carbons (Fsp3) is 0.500. The van der Waals surface area contributed by atoms with Crippen molar-refractivity contribution in [1.29, 1.82) is 0 Å². The van der Waals surface area contributed by atoms with Crippen LogP contribution in [-0.4, -0.2) is 26.0 Å². The predicted octanol–water partition coefficient (Wildman–Crippen LogP) is 3.55. The minimum Gasteiger partial charge on any atom is -0.329 e. The Hall–Kier alpha value is -0.810. The summed E-state index contributed by atoms with van der Waals surface area (Å²) in [5, 5.41) is 0.774. The zero-order valence-electron chi connectivity index (χ0n) is 9.72. The van der Waals surface area contributed by atoms with E-state index in [1.54, 1.807) is 0 Å². The fourth-order valence-corrected chi connectivity index (χ4v) is 3.79. The van der Waals surface area contributed by atoms with Crippen molar-refractivity contribution in [3.05, 3.63) is 23.1 Å². The molecule has 1 aliphatic rings. The van der Waals surface area contributed by atoms with E-state index in [2.05, 4.69) is 20.8 Å². The molecular weight excluding hydrogens is 250 g/mol. The Labute approximate surface area is 110 Å². The van der Waals surface area contributed by atoms with E-state index in [9.17, 15) is 0 Å². The summed E-state index contributed by atoms with van der Waals surface area (Å²) in [4.78, 5) is 7.70. The van der Waals surface area contributed by atoms with Crippen LogP contribution in [-0.2, 0) is 0 Å². The second kappa shape index (κ2) is 4.46. The standard InChI is InChI=1S/C12H15N3S2/c1-17-9-5-4-8(7-9)15-11-10(14-12(15)16)3-2-6-13-11/h2-3,6,8-9H,4-5,7H2,1H3,(H,14,16). The quantitative estimate of drug-likeness (QED) is 0.843. The summed E-state index contributed by atoms with van der Waals surface area (Å²) < 4.78 is 3.02. The molecule has 2 aromatic rings. The number of rotatable bonds is 2. The van der Waals surface area contributed by atoms with E-state index >= 15 is 0 Å². The molecule has 90 valence electrons. The Bertz CT molecular complexity index is 587. The van der Waals surface area contributed by atoms with Gasteiger partial charge in [0.15, 0.2) is 10.4 Å². The van der Waals surface area contributed by atoms with E-state index in [4.69, 9.17) is 12.2 Å². The van der Waals surface area contributed by atoms with Crippen molar-refractivity contribution < 1.29 is 0 Å². The van der Waals surface area contributed by atoms with Crippen molar-refractivity contribution in [2.24, 2.45) is 0 Å². The molecule has 3 nitrogen and oxygen atoms in total. The van der Waals surface area contributed by atoms with Crippen LogP contribution >= 0.6 is 24.0 Å². The molecule has 2 unspecified atom stereocenters. The number of H-pyrrole nitrogens is 1. The van der Waals surface area contributed by atoms with Gasteiger partial charge in [0.2, 0.25) is 0 Å². The molecule has 2 atom stereocenters. The van der Waals surface area contributed by atoms with Gasteiger partial charge in [-0.2, -0.15) is 11.8 Å². The van der Waals surface area contributed by atoms with Gasteiger partial charge in [-0.3, -0.25) is 4.57 Å². The number of thioether (sulfide) groups is 1. The lowest BCUT2D eigenvalue weighted by atomic mass is 10.2.